The van der Waals surface area contributed by atoms with E-state index in [0.29, 0.717) is 29.9 Å². The highest BCUT2D eigenvalue weighted by molar-refractivity contribution is 5.95. The molecule has 1 aliphatic heterocycles. The summed E-state index contributed by atoms with van der Waals surface area (Å²) in [6, 6.07) is 3.60. The van der Waals surface area contributed by atoms with Gasteiger partial charge in [-0.25, -0.2) is 4.98 Å². The third-order valence-corrected chi connectivity index (χ3v) is 4.65. The Morgan fingerprint density at radius 3 is 2.95 bits per heavy atom. The van der Waals surface area contributed by atoms with Crippen LogP contribution in [0.25, 0.3) is 0 Å². The summed E-state index contributed by atoms with van der Waals surface area (Å²) in [5.74, 6) is 1.74. The molecule has 0 aromatic carbocycles. The molecule has 2 aliphatic rings. The van der Waals surface area contributed by atoms with E-state index in [4.69, 9.17) is 4.74 Å². The highest BCUT2D eigenvalue weighted by atomic mass is 16.5. The topological polar surface area (TPSA) is 62.7 Å². The number of hydrogen-bond acceptors (Lipinski definition) is 4. The van der Waals surface area contributed by atoms with Gasteiger partial charge in [0.2, 0.25) is 0 Å². The molecule has 1 saturated heterocycles. The molecule has 1 amide bonds. The lowest BCUT2D eigenvalue weighted by atomic mass is 10.0. The molecular weight excluding hydrogens is 280 g/mol. The SMILES string of the molecule is CCCOc1ccc(C)nc1C(=O)N1C[C@@H]2CC2CC1CO. The number of aryl methyl sites for hydroxylation is 1. The second-order valence-corrected chi connectivity index (χ2v) is 6.43. The predicted molar refractivity (Wildman–Crippen MR) is 82.9 cm³/mol. The van der Waals surface area contributed by atoms with Crippen LogP contribution in [-0.2, 0) is 0 Å². The van der Waals surface area contributed by atoms with Gasteiger partial charge in [-0.3, -0.25) is 4.79 Å². The average molecular weight is 304 g/mol. The van der Waals surface area contributed by atoms with Gasteiger partial charge in [-0.05, 0) is 50.2 Å². The van der Waals surface area contributed by atoms with Crippen molar-refractivity contribution < 1.29 is 14.6 Å². The number of piperidine rings is 1. The molecule has 2 unspecified atom stereocenters. The number of nitrogens with zero attached hydrogens (tertiary/aromatic N) is 2. The lowest BCUT2D eigenvalue weighted by Crippen LogP contribution is -2.47. The number of carbonyl (C=O) groups is 1. The van der Waals surface area contributed by atoms with E-state index < -0.39 is 0 Å². The molecule has 22 heavy (non-hydrogen) atoms. The largest absolute Gasteiger partial charge is 0.491 e. The van der Waals surface area contributed by atoms with Gasteiger partial charge in [0, 0.05) is 12.2 Å². The quantitative estimate of drug-likeness (QED) is 0.904. The van der Waals surface area contributed by atoms with E-state index in [-0.39, 0.29) is 18.6 Å². The molecule has 120 valence electrons. The summed E-state index contributed by atoms with van der Waals surface area (Å²) in [4.78, 5) is 19.2. The molecular formula is C17H24N2O3. The molecule has 2 fully saturated rings. The van der Waals surface area contributed by atoms with Gasteiger partial charge in [-0.2, -0.15) is 0 Å². The van der Waals surface area contributed by atoms with E-state index in [1.165, 1.54) is 6.42 Å². The van der Waals surface area contributed by atoms with Gasteiger partial charge in [-0.1, -0.05) is 6.92 Å². The second kappa shape index (κ2) is 6.24. The smallest absolute Gasteiger partial charge is 0.276 e. The number of hydrogen-bond donors (Lipinski definition) is 1. The lowest BCUT2D eigenvalue weighted by molar-refractivity contribution is 0.0476. The molecule has 0 bridgehead atoms. The summed E-state index contributed by atoms with van der Waals surface area (Å²) in [5.41, 5.74) is 1.18. The highest BCUT2D eigenvalue weighted by Crippen LogP contribution is 2.47. The standard InChI is InChI=1S/C17H24N2O3/c1-3-6-22-15-5-4-11(2)18-16(15)17(21)19-9-13-7-12(13)8-14(19)10-20/h4-5,12-14,20H,3,6-10H2,1-2H3/t12?,13-,14?/m0/s1. The van der Waals surface area contributed by atoms with Crippen molar-refractivity contribution in [3.8, 4) is 5.75 Å². The Labute approximate surface area is 131 Å². The summed E-state index contributed by atoms with van der Waals surface area (Å²) < 4.78 is 5.69. The zero-order chi connectivity index (χ0) is 15.7. The van der Waals surface area contributed by atoms with Crippen LogP contribution in [0.3, 0.4) is 0 Å². The summed E-state index contributed by atoms with van der Waals surface area (Å²) >= 11 is 0. The van der Waals surface area contributed by atoms with Crippen molar-refractivity contribution in [1.29, 1.82) is 0 Å². The van der Waals surface area contributed by atoms with E-state index in [9.17, 15) is 9.90 Å². The van der Waals surface area contributed by atoms with Crippen molar-refractivity contribution in [2.75, 3.05) is 19.8 Å². The molecule has 2 heterocycles. The van der Waals surface area contributed by atoms with Crippen LogP contribution in [0.1, 0.15) is 42.4 Å². The van der Waals surface area contributed by atoms with Crippen molar-refractivity contribution in [1.82, 2.24) is 9.88 Å². The lowest BCUT2D eigenvalue weighted by Gasteiger charge is -2.34. The molecule has 5 heteroatoms. The van der Waals surface area contributed by atoms with Crippen molar-refractivity contribution in [2.24, 2.45) is 11.8 Å². The monoisotopic (exact) mass is 304 g/mol. The fourth-order valence-electron chi connectivity index (χ4n) is 3.28. The maximum absolute atomic E-state index is 12.9. The van der Waals surface area contributed by atoms with Gasteiger partial charge < -0.3 is 14.7 Å². The number of likely N-dealkylation sites (tertiary alicyclic amines) is 1. The Morgan fingerprint density at radius 1 is 1.41 bits per heavy atom. The third kappa shape index (κ3) is 2.95. The first-order valence-electron chi connectivity index (χ1n) is 8.16. The van der Waals surface area contributed by atoms with Crippen LogP contribution < -0.4 is 4.74 Å². The third-order valence-electron chi connectivity index (χ3n) is 4.65. The molecule has 3 atom stereocenters. The number of pyridine rings is 1. The summed E-state index contributed by atoms with van der Waals surface area (Å²) in [7, 11) is 0. The number of ether oxygens (including phenoxy) is 1. The predicted octanol–water partition coefficient (Wildman–Crippen LogP) is 2.02. The summed E-state index contributed by atoms with van der Waals surface area (Å²) in [6.45, 7) is 5.22. The fourth-order valence-corrected chi connectivity index (χ4v) is 3.28. The molecule has 3 rings (SSSR count). The number of carbonyl (C=O) groups excluding carboxylic acids is 1. The van der Waals surface area contributed by atoms with E-state index in [2.05, 4.69) is 4.98 Å². The second-order valence-electron chi connectivity index (χ2n) is 6.43. The molecule has 1 aromatic heterocycles. The van der Waals surface area contributed by atoms with E-state index in [1.54, 1.807) is 4.90 Å². The number of rotatable bonds is 5. The molecule has 0 spiro atoms. The number of aliphatic hydroxyl groups excluding tert-OH is 1. The Kier molecular flexibility index (Phi) is 4.34. The van der Waals surface area contributed by atoms with Crippen molar-refractivity contribution in [3.05, 3.63) is 23.5 Å². The van der Waals surface area contributed by atoms with Gasteiger partial charge in [-0.15, -0.1) is 0 Å². The van der Waals surface area contributed by atoms with Crippen LogP contribution in [0, 0.1) is 18.8 Å². The van der Waals surface area contributed by atoms with Gasteiger partial charge in [0.1, 0.15) is 0 Å². The Morgan fingerprint density at radius 2 is 2.23 bits per heavy atom. The molecule has 1 N–H and O–H groups in total. The van der Waals surface area contributed by atoms with Crippen LogP contribution in [0.4, 0.5) is 0 Å². The van der Waals surface area contributed by atoms with Crippen LogP contribution >= 0.6 is 0 Å². The highest BCUT2D eigenvalue weighted by Gasteiger charge is 2.47. The minimum absolute atomic E-state index is 0.0198. The Bertz CT molecular complexity index is 561. The molecule has 0 radical (unpaired) electrons. The number of amides is 1. The number of fused-ring (bicyclic) bond motifs is 1. The zero-order valence-corrected chi connectivity index (χ0v) is 13.3. The first-order chi connectivity index (χ1) is 10.6. The maximum Gasteiger partial charge on any atom is 0.276 e. The van der Waals surface area contributed by atoms with Crippen LogP contribution in [0.5, 0.6) is 5.75 Å². The fraction of sp³-hybridized carbons (Fsp3) is 0.647. The molecule has 1 aliphatic carbocycles. The summed E-state index contributed by atoms with van der Waals surface area (Å²) in [6.07, 6.45) is 2.97. The first kappa shape index (κ1) is 15.3. The normalized spacial score (nSPS) is 26.5. The Hall–Kier alpha value is -1.62. The van der Waals surface area contributed by atoms with Crippen molar-refractivity contribution >= 4 is 5.91 Å². The maximum atomic E-state index is 12.9. The van der Waals surface area contributed by atoms with Crippen LogP contribution in [-0.4, -0.2) is 46.7 Å². The summed E-state index contributed by atoms with van der Waals surface area (Å²) in [5, 5.41) is 9.61. The van der Waals surface area contributed by atoms with Gasteiger partial charge >= 0.3 is 0 Å². The van der Waals surface area contributed by atoms with Crippen molar-refractivity contribution in [3.63, 3.8) is 0 Å². The van der Waals surface area contributed by atoms with Gasteiger partial charge in [0.15, 0.2) is 11.4 Å². The van der Waals surface area contributed by atoms with E-state index in [0.717, 1.165) is 25.1 Å². The first-order valence-corrected chi connectivity index (χ1v) is 8.16. The van der Waals surface area contributed by atoms with Crippen LogP contribution in [0.2, 0.25) is 0 Å². The van der Waals surface area contributed by atoms with Crippen LogP contribution in [0.15, 0.2) is 12.1 Å². The minimum Gasteiger partial charge on any atom is -0.491 e. The minimum atomic E-state index is -0.112. The van der Waals surface area contributed by atoms with Gasteiger partial charge in [0.05, 0.1) is 19.3 Å². The number of aliphatic hydroxyl groups is 1. The van der Waals surface area contributed by atoms with Gasteiger partial charge in [0.25, 0.3) is 5.91 Å². The average Bonchev–Trinajstić information content (AvgIpc) is 3.30. The molecule has 1 saturated carbocycles. The zero-order valence-electron chi connectivity index (χ0n) is 13.3. The Balaban J connectivity index is 1.85. The van der Waals surface area contributed by atoms with Crippen molar-refractivity contribution in [2.45, 2.75) is 39.2 Å². The molecule has 5 nitrogen and oxygen atoms in total. The van der Waals surface area contributed by atoms with E-state index in [1.807, 2.05) is 26.0 Å². The van der Waals surface area contributed by atoms with E-state index >= 15 is 0 Å². The number of aromatic nitrogens is 1. The molecule has 1 aromatic rings.